The second-order valence-electron chi connectivity index (χ2n) is 7.29. The number of carbonyl (C=O) groups is 2. The maximum absolute atomic E-state index is 12.8. The molecule has 0 aliphatic carbocycles. The molecule has 9 heteroatoms. The van der Waals surface area contributed by atoms with Crippen LogP contribution >= 0.6 is 0 Å². The van der Waals surface area contributed by atoms with Crippen LogP contribution in [0.3, 0.4) is 0 Å². The summed E-state index contributed by atoms with van der Waals surface area (Å²) in [5.41, 5.74) is -0.836. The zero-order chi connectivity index (χ0) is 22.4. The highest BCUT2D eigenvalue weighted by Gasteiger charge is 2.29. The normalized spacial score (nSPS) is 14.2. The Morgan fingerprint density at radius 2 is 1.93 bits per heavy atom. The van der Waals surface area contributed by atoms with Gasteiger partial charge in [0, 0.05) is 11.5 Å². The molecule has 3 atom stereocenters. The highest BCUT2D eigenvalue weighted by molar-refractivity contribution is 5.99. The minimum atomic E-state index is -1.34. The van der Waals surface area contributed by atoms with E-state index in [-0.39, 0.29) is 17.1 Å². The zero-order valence-electron chi connectivity index (χ0n) is 17.4. The van der Waals surface area contributed by atoms with E-state index in [2.05, 4.69) is 10.6 Å². The van der Waals surface area contributed by atoms with E-state index in [0.29, 0.717) is 17.6 Å². The van der Waals surface area contributed by atoms with Crippen LogP contribution in [0.25, 0.3) is 11.0 Å². The molecule has 0 spiro atoms. The van der Waals surface area contributed by atoms with Crippen molar-refractivity contribution >= 4 is 22.8 Å². The van der Waals surface area contributed by atoms with Gasteiger partial charge in [-0.3, -0.25) is 9.59 Å². The number of alkyl halides is 1. The largest absolute Gasteiger partial charge is 0.497 e. The number of methoxy groups -OCH3 is 1. The summed E-state index contributed by atoms with van der Waals surface area (Å²) in [6, 6.07) is 4.43. The van der Waals surface area contributed by atoms with Crippen LogP contribution in [0.4, 0.5) is 4.39 Å². The summed E-state index contributed by atoms with van der Waals surface area (Å²) in [6.45, 7) is 4.13. The number of carbonyl (C=O) groups excluding carboxylic acids is 2. The third-order valence-electron chi connectivity index (χ3n) is 4.81. The van der Waals surface area contributed by atoms with Gasteiger partial charge in [0.2, 0.25) is 5.91 Å². The smallest absolute Gasteiger partial charge is 0.349 e. The van der Waals surface area contributed by atoms with Gasteiger partial charge in [-0.15, -0.1) is 0 Å². The van der Waals surface area contributed by atoms with E-state index in [1.807, 2.05) is 0 Å². The average Bonchev–Trinajstić information content (AvgIpc) is 2.73. The number of aliphatic hydroxyl groups is 1. The van der Waals surface area contributed by atoms with Crippen LogP contribution in [0, 0.1) is 5.92 Å². The number of nitrogens with one attached hydrogen (secondary N) is 2. The van der Waals surface area contributed by atoms with Crippen molar-refractivity contribution in [1.82, 2.24) is 10.6 Å². The molecule has 0 saturated carbocycles. The van der Waals surface area contributed by atoms with E-state index in [0.717, 1.165) is 0 Å². The van der Waals surface area contributed by atoms with Crippen molar-refractivity contribution in [3.8, 4) is 5.75 Å². The predicted octanol–water partition coefficient (Wildman–Crippen LogP) is 1.78. The molecule has 0 aliphatic heterocycles. The molecule has 2 rings (SSSR count). The second kappa shape index (κ2) is 10.2. The van der Waals surface area contributed by atoms with Gasteiger partial charge in [-0.2, -0.15) is 0 Å². The van der Waals surface area contributed by atoms with Gasteiger partial charge in [-0.05, 0) is 30.5 Å². The van der Waals surface area contributed by atoms with E-state index in [4.69, 9.17) is 9.15 Å². The summed E-state index contributed by atoms with van der Waals surface area (Å²) in [5, 5.41) is 15.3. The lowest BCUT2D eigenvalue weighted by Gasteiger charge is -2.26. The molecule has 0 aliphatic rings. The van der Waals surface area contributed by atoms with Crippen molar-refractivity contribution in [3.63, 3.8) is 0 Å². The van der Waals surface area contributed by atoms with Crippen LogP contribution in [-0.2, 0) is 4.79 Å². The van der Waals surface area contributed by atoms with Gasteiger partial charge < -0.3 is 24.9 Å². The van der Waals surface area contributed by atoms with E-state index in [9.17, 15) is 23.9 Å². The Morgan fingerprint density at radius 3 is 2.50 bits per heavy atom. The SMILES string of the molecule is CCC(NC(=O)C(NC(=O)c1cc2ccc(OC)cc2oc1=O)C(C)C)C(O)CF. The number of ether oxygens (including phenoxy) is 1. The molecule has 1 heterocycles. The molecule has 3 unspecified atom stereocenters. The third kappa shape index (κ3) is 5.35. The molecule has 0 fully saturated rings. The van der Waals surface area contributed by atoms with E-state index >= 15 is 0 Å². The first-order valence-corrected chi connectivity index (χ1v) is 9.68. The molecular weight excluding hydrogens is 395 g/mol. The standard InChI is InChI=1S/C21H27FN2O6/c1-5-15(16(25)10-22)23-20(27)18(11(2)3)24-19(26)14-8-12-6-7-13(29-4)9-17(12)30-21(14)28/h6-9,11,15-16,18,25H,5,10H2,1-4H3,(H,23,27)(H,24,26). The number of rotatable bonds is 9. The van der Waals surface area contributed by atoms with E-state index in [1.165, 1.54) is 19.2 Å². The summed E-state index contributed by atoms with van der Waals surface area (Å²) in [4.78, 5) is 37.7. The number of hydrogen-bond donors (Lipinski definition) is 3. The Bertz CT molecular complexity index is 958. The molecule has 0 saturated heterocycles. The molecule has 8 nitrogen and oxygen atoms in total. The lowest BCUT2D eigenvalue weighted by Crippen LogP contribution is -2.54. The van der Waals surface area contributed by atoms with Crippen LogP contribution < -0.4 is 21.0 Å². The fourth-order valence-corrected chi connectivity index (χ4v) is 2.98. The molecule has 3 N–H and O–H groups in total. The average molecular weight is 422 g/mol. The number of hydrogen-bond acceptors (Lipinski definition) is 6. The fourth-order valence-electron chi connectivity index (χ4n) is 2.98. The quantitative estimate of drug-likeness (QED) is 0.530. The van der Waals surface area contributed by atoms with Gasteiger partial charge in [-0.1, -0.05) is 20.8 Å². The van der Waals surface area contributed by atoms with Crippen molar-refractivity contribution in [2.45, 2.75) is 45.4 Å². The second-order valence-corrected chi connectivity index (χ2v) is 7.29. The topological polar surface area (TPSA) is 118 Å². The molecule has 30 heavy (non-hydrogen) atoms. The van der Waals surface area contributed by atoms with Gasteiger partial charge in [-0.25, -0.2) is 9.18 Å². The van der Waals surface area contributed by atoms with Crippen molar-refractivity contribution in [2.75, 3.05) is 13.8 Å². The van der Waals surface area contributed by atoms with Crippen molar-refractivity contribution in [1.29, 1.82) is 0 Å². The molecule has 1 aromatic heterocycles. The molecule has 0 radical (unpaired) electrons. The first-order valence-electron chi connectivity index (χ1n) is 9.68. The van der Waals surface area contributed by atoms with Gasteiger partial charge in [0.25, 0.3) is 5.91 Å². The van der Waals surface area contributed by atoms with Crippen LogP contribution in [-0.4, -0.2) is 48.9 Å². The Balaban J connectivity index is 2.25. The third-order valence-corrected chi connectivity index (χ3v) is 4.81. The maximum atomic E-state index is 12.8. The van der Waals surface area contributed by atoms with Crippen LogP contribution in [0.5, 0.6) is 5.75 Å². The zero-order valence-corrected chi connectivity index (χ0v) is 17.4. The molecule has 0 bridgehead atoms. The number of aliphatic hydroxyl groups excluding tert-OH is 1. The summed E-state index contributed by atoms with van der Waals surface area (Å²) < 4.78 is 23.1. The number of amides is 2. The number of halogens is 1. The van der Waals surface area contributed by atoms with Gasteiger partial charge in [0.05, 0.1) is 13.2 Å². The van der Waals surface area contributed by atoms with Crippen molar-refractivity contribution in [2.24, 2.45) is 5.92 Å². The molecule has 2 amide bonds. The molecule has 2 aromatic rings. The number of benzene rings is 1. The summed E-state index contributed by atoms with van der Waals surface area (Å²) in [5.74, 6) is -1.17. The predicted molar refractivity (Wildman–Crippen MR) is 109 cm³/mol. The first-order chi connectivity index (χ1) is 14.2. The molecule has 164 valence electrons. The molecular formula is C21H27FN2O6. The fraction of sp³-hybridized carbons (Fsp3) is 0.476. The van der Waals surface area contributed by atoms with Crippen LogP contribution in [0.1, 0.15) is 37.6 Å². The number of fused-ring (bicyclic) bond motifs is 1. The van der Waals surface area contributed by atoms with E-state index in [1.54, 1.807) is 32.9 Å². The lowest BCUT2D eigenvalue weighted by atomic mass is 10.0. The molecule has 1 aromatic carbocycles. The summed E-state index contributed by atoms with van der Waals surface area (Å²) in [6.07, 6.45) is -1.03. The minimum absolute atomic E-state index is 0.248. The highest BCUT2D eigenvalue weighted by Crippen LogP contribution is 2.20. The van der Waals surface area contributed by atoms with Gasteiger partial charge >= 0.3 is 5.63 Å². The Kier molecular flexibility index (Phi) is 7.93. The van der Waals surface area contributed by atoms with Crippen LogP contribution in [0.15, 0.2) is 33.5 Å². The van der Waals surface area contributed by atoms with Gasteiger partial charge in [0.15, 0.2) is 0 Å². The Hall–Kier alpha value is -2.94. The Morgan fingerprint density at radius 1 is 1.23 bits per heavy atom. The van der Waals surface area contributed by atoms with Crippen molar-refractivity contribution in [3.05, 3.63) is 40.2 Å². The lowest BCUT2D eigenvalue weighted by molar-refractivity contribution is -0.125. The Labute approximate surface area is 173 Å². The monoisotopic (exact) mass is 422 g/mol. The van der Waals surface area contributed by atoms with Crippen molar-refractivity contribution < 1.29 is 28.2 Å². The first kappa shape index (κ1) is 23.3. The maximum Gasteiger partial charge on any atom is 0.349 e. The minimum Gasteiger partial charge on any atom is -0.497 e. The van der Waals surface area contributed by atoms with E-state index < -0.39 is 42.3 Å². The summed E-state index contributed by atoms with van der Waals surface area (Å²) >= 11 is 0. The van der Waals surface area contributed by atoms with Crippen LogP contribution in [0.2, 0.25) is 0 Å². The summed E-state index contributed by atoms with van der Waals surface area (Å²) in [7, 11) is 1.48. The van der Waals surface area contributed by atoms with Gasteiger partial charge in [0.1, 0.15) is 35.7 Å². The highest BCUT2D eigenvalue weighted by atomic mass is 19.1.